The summed E-state index contributed by atoms with van der Waals surface area (Å²) in [6.07, 6.45) is 14.5. The Kier molecular flexibility index (Phi) is 8.63. The van der Waals surface area contributed by atoms with Crippen LogP contribution in [0.1, 0.15) is 75.3 Å². The third-order valence-electron chi connectivity index (χ3n) is 5.07. The molecule has 24 heavy (non-hydrogen) atoms. The molecule has 0 aliphatic heterocycles. The van der Waals surface area contributed by atoms with Gasteiger partial charge < -0.3 is 4.74 Å². The van der Waals surface area contributed by atoms with Crippen LogP contribution in [-0.2, 0) is 4.74 Å². The first-order valence-corrected chi connectivity index (χ1v) is 9.56. The van der Waals surface area contributed by atoms with Gasteiger partial charge in [0.1, 0.15) is 0 Å². The van der Waals surface area contributed by atoms with E-state index in [1.165, 1.54) is 56.9 Å². The van der Waals surface area contributed by atoms with E-state index in [4.69, 9.17) is 10.00 Å². The van der Waals surface area contributed by atoms with Gasteiger partial charge in [0.25, 0.3) is 0 Å². The summed E-state index contributed by atoms with van der Waals surface area (Å²) in [5.74, 6) is 1.38. The van der Waals surface area contributed by atoms with Crippen molar-refractivity contribution in [3.05, 3.63) is 47.5 Å². The van der Waals surface area contributed by atoms with Crippen LogP contribution in [0.2, 0.25) is 0 Å². The van der Waals surface area contributed by atoms with Gasteiger partial charge in [-0.3, -0.25) is 0 Å². The second-order valence-electron chi connectivity index (χ2n) is 6.96. The minimum absolute atomic E-state index is 0.660. The summed E-state index contributed by atoms with van der Waals surface area (Å²) in [5.41, 5.74) is 2.15. The van der Waals surface area contributed by atoms with E-state index >= 15 is 0 Å². The first-order valence-electron chi connectivity index (χ1n) is 9.56. The van der Waals surface area contributed by atoms with Crippen molar-refractivity contribution in [3.63, 3.8) is 0 Å². The molecule has 1 aromatic rings. The van der Waals surface area contributed by atoms with Gasteiger partial charge in [-0.25, -0.2) is 0 Å². The van der Waals surface area contributed by atoms with Crippen LogP contribution in [0.4, 0.5) is 0 Å². The lowest BCUT2D eigenvalue weighted by Crippen LogP contribution is -2.18. The second kappa shape index (κ2) is 11.0. The molecule has 2 heteroatoms. The first kappa shape index (κ1) is 18.7. The molecular formula is C22H31NO. The van der Waals surface area contributed by atoms with Crippen molar-refractivity contribution in [3.8, 4) is 6.07 Å². The van der Waals surface area contributed by atoms with E-state index in [1.807, 2.05) is 12.1 Å². The van der Waals surface area contributed by atoms with Gasteiger partial charge in [0.15, 0.2) is 0 Å². The van der Waals surface area contributed by atoms with Gasteiger partial charge in [0.05, 0.1) is 18.2 Å². The van der Waals surface area contributed by atoms with E-state index in [1.54, 1.807) is 0 Å². The lowest BCUT2D eigenvalue weighted by molar-refractivity contribution is 0.102. The fraction of sp³-hybridized carbons (Fsp3) is 0.591. The molecule has 0 bridgehead atoms. The Hall–Kier alpha value is -1.59. The predicted molar refractivity (Wildman–Crippen MR) is 100.0 cm³/mol. The Balaban J connectivity index is 1.60. The number of rotatable bonds is 9. The topological polar surface area (TPSA) is 33.0 Å². The molecule has 2 rings (SSSR count). The van der Waals surface area contributed by atoms with Crippen LogP contribution in [0.3, 0.4) is 0 Å². The summed E-state index contributed by atoms with van der Waals surface area (Å²) < 4.78 is 5.83. The monoisotopic (exact) mass is 325 g/mol. The molecule has 130 valence electrons. The molecule has 0 aromatic heterocycles. The maximum Gasteiger partial charge on any atom is 0.0991 e. The molecular weight excluding hydrogens is 294 g/mol. The molecule has 0 heterocycles. The Labute approximate surface area is 147 Å². The standard InChI is InChI=1S/C22H31NO/c1-2-3-4-5-6-7-16-24-18-20-10-14-22(15-11-20)21-12-8-19(17-23)9-13-21/h6-9,12-13,20,22H,2-5,10-11,14-16,18H2,1H3. The second-order valence-corrected chi connectivity index (χ2v) is 6.96. The fourth-order valence-corrected chi connectivity index (χ4v) is 3.49. The molecule has 1 saturated carbocycles. The SMILES string of the molecule is CCCCCC=CCOCC1CCC(c2ccc(C#N)cc2)CC1. The largest absolute Gasteiger partial charge is 0.377 e. The van der Waals surface area contributed by atoms with E-state index < -0.39 is 0 Å². The zero-order chi connectivity index (χ0) is 17.0. The van der Waals surface area contributed by atoms with Crippen LogP contribution in [0.5, 0.6) is 0 Å². The van der Waals surface area contributed by atoms with Gasteiger partial charge in [0, 0.05) is 6.61 Å². The van der Waals surface area contributed by atoms with Crippen LogP contribution in [-0.4, -0.2) is 13.2 Å². The Morgan fingerprint density at radius 2 is 1.83 bits per heavy atom. The van der Waals surface area contributed by atoms with Crippen molar-refractivity contribution in [2.75, 3.05) is 13.2 Å². The van der Waals surface area contributed by atoms with Crippen molar-refractivity contribution in [1.82, 2.24) is 0 Å². The summed E-state index contributed by atoms with van der Waals surface area (Å²) in [4.78, 5) is 0. The van der Waals surface area contributed by atoms with E-state index in [0.29, 0.717) is 11.8 Å². The van der Waals surface area contributed by atoms with Gasteiger partial charge in [-0.05, 0) is 68.1 Å². The van der Waals surface area contributed by atoms with Crippen LogP contribution in [0.15, 0.2) is 36.4 Å². The number of nitriles is 1. The molecule has 1 aromatic carbocycles. The Morgan fingerprint density at radius 3 is 2.50 bits per heavy atom. The Morgan fingerprint density at radius 1 is 1.08 bits per heavy atom. The highest BCUT2D eigenvalue weighted by atomic mass is 16.5. The molecule has 0 N–H and O–H groups in total. The van der Waals surface area contributed by atoms with Crippen LogP contribution < -0.4 is 0 Å². The predicted octanol–water partition coefficient (Wildman–Crippen LogP) is 5.99. The number of ether oxygens (including phenoxy) is 1. The van der Waals surface area contributed by atoms with Gasteiger partial charge in [0.2, 0.25) is 0 Å². The van der Waals surface area contributed by atoms with Crippen molar-refractivity contribution >= 4 is 0 Å². The number of hydrogen-bond donors (Lipinski definition) is 0. The van der Waals surface area contributed by atoms with Crippen molar-refractivity contribution in [1.29, 1.82) is 5.26 Å². The lowest BCUT2D eigenvalue weighted by Gasteiger charge is -2.28. The number of hydrogen-bond acceptors (Lipinski definition) is 2. The smallest absolute Gasteiger partial charge is 0.0991 e. The summed E-state index contributed by atoms with van der Waals surface area (Å²) in [6.45, 7) is 3.91. The van der Waals surface area contributed by atoms with Gasteiger partial charge in [-0.1, -0.05) is 44.1 Å². The number of unbranched alkanes of at least 4 members (excludes halogenated alkanes) is 3. The normalized spacial score (nSPS) is 21.0. The van der Waals surface area contributed by atoms with E-state index in [9.17, 15) is 0 Å². The minimum atomic E-state index is 0.660. The fourth-order valence-electron chi connectivity index (χ4n) is 3.49. The van der Waals surface area contributed by atoms with Gasteiger partial charge >= 0.3 is 0 Å². The number of benzene rings is 1. The maximum atomic E-state index is 8.88. The third kappa shape index (κ3) is 6.49. The average molecular weight is 325 g/mol. The molecule has 2 nitrogen and oxygen atoms in total. The van der Waals surface area contributed by atoms with E-state index in [0.717, 1.165) is 18.8 Å². The highest BCUT2D eigenvalue weighted by molar-refractivity contribution is 5.33. The first-order chi connectivity index (χ1) is 11.8. The molecule has 0 saturated heterocycles. The van der Waals surface area contributed by atoms with Gasteiger partial charge in [-0.15, -0.1) is 0 Å². The molecule has 1 aliphatic carbocycles. The zero-order valence-corrected chi connectivity index (χ0v) is 15.0. The highest BCUT2D eigenvalue weighted by Gasteiger charge is 2.22. The summed E-state index contributed by atoms with van der Waals surface area (Å²) in [7, 11) is 0. The summed E-state index contributed by atoms with van der Waals surface area (Å²) in [6, 6.07) is 10.3. The van der Waals surface area contributed by atoms with Crippen molar-refractivity contribution < 1.29 is 4.74 Å². The maximum absolute atomic E-state index is 8.88. The minimum Gasteiger partial charge on any atom is -0.377 e. The summed E-state index contributed by atoms with van der Waals surface area (Å²) >= 11 is 0. The highest BCUT2D eigenvalue weighted by Crippen LogP contribution is 2.35. The van der Waals surface area contributed by atoms with Crippen LogP contribution in [0, 0.1) is 17.2 Å². The number of nitrogens with zero attached hydrogens (tertiary/aromatic N) is 1. The molecule has 0 radical (unpaired) electrons. The molecule has 0 atom stereocenters. The molecule has 1 fully saturated rings. The third-order valence-corrected chi connectivity index (χ3v) is 5.07. The Bertz CT molecular complexity index is 518. The van der Waals surface area contributed by atoms with Crippen LogP contribution >= 0.6 is 0 Å². The van der Waals surface area contributed by atoms with Crippen molar-refractivity contribution in [2.45, 2.75) is 64.2 Å². The van der Waals surface area contributed by atoms with Crippen molar-refractivity contribution in [2.24, 2.45) is 5.92 Å². The zero-order valence-electron chi connectivity index (χ0n) is 15.0. The van der Waals surface area contributed by atoms with E-state index in [-0.39, 0.29) is 0 Å². The number of allylic oxidation sites excluding steroid dienone is 1. The average Bonchev–Trinajstić information content (AvgIpc) is 2.64. The quantitative estimate of drug-likeness (QED) is 0.413. The molecule has 0 unspecified atom stereocenters. The van der Waals surface area contributed by atoms with E-state index in [2.05, 4.69) is 37.3 Å². The molecule has 0 amide bonds. The molecule has 0 spiro atoms. The van der Waals surface area contributed by atoms with Crippen LogP contribution in [0.25, 0.3) is 0 Å². The van der Waals surface area contributed by atoms with Gasteiger partial charge in [-0.2, -0.15) is 5.26 Å². The summed E-state index contributed by atoms with van der Waals surface area (Å²) in [5, 5.41) is 8.88. The molecule has 1 aliphatic rings. The lowest BCUT2D eigenvalue weighted by atomic mass is 9.79.